The highest BCUT2D eigenvalue weighted by Crippen LogP contribution is 2.18. The molecule has 2 aromatic carbocycles. The number of hydrogen-bond donors (Lipinski definition) is 2. The first-order valence-corrected chi connectivity index (χ1v) is 9.35. The number of benzene rings is 2. The summed E-state index contributed by atoms with van der Waals surface area (Å²) >= 11 is 0. The molecular weight excluding hydrogens is 463 g/mol. The standard InChI is InChI=1S/C22H28N4O.HI/c1-23-22(24-13-12-18-8-10-21(27-2)11-9-18)25-17-19-6-5-7-20(16-19)26-14-3-4-15-26;/h3-11,16H,12-15,17H2,1-2H3,(H2,23,24,25);1H. The molecule has 0 atom stereocenters. The van der Waals surface area contributed by atoms with E-state index in [0.717, 1.165) is 44.3 Å². The molecule has 2 N–H and O–H groups in total. The Balaban J connectivity index is 0.00000280. The molecule has 28 heavy (non-hydrogen) atoms. The molecule has 0 unspecified atom stereocenters. The average Bonchev–Trinajstić information content (AvgIpc) is 3.26. The van der Waals surface area contributed by atoms with E-state index >= 15 is 0 Å². The van der Waals surface area contributed by atoms with Gasteiger partial charge in [0.15, 0.2) is 5.96 Å². The van der Waals surface area contributed by atoms with Gasteiger partial charge in [0.2, 0.25) is 0 Å². The number of halogens is 1. The number of methoxy groups -OCH3 is 1. The summed E-state index contributed by atoms with van der Waals surface area (Å²) in [4.78, 5) is 6.67. The SMILES string of the molecule is CN=C(NCCc1ccc(OC)cc1)NCc1cccc(N2CC=CC2)c1.I. The van der Waals surface area contributed by atoms with Gasteiger partial charge >= 0.3 is 0 Å². The van der Waals surface area contributed by atoms with Crippen LogP contribution in [0.2, 0.25) is 0 Å². The van der Waals surface area contributed by atoms with Gasteiger partial charge in [-0.05, 0) is 41.8 Å². The second kappa shape index (κ2) is 11.6. The zero-order chi connectivity index (χ0) is 18.9. The molecule has 3 rings (SSSR count). The van der Waals surface area contributed by atoms with Gasteiger partial charge in [0.05, 0.1) is 7.11 Å². The van der Waals surface area contributed by atoms with Crippen LogP contribution in [-0.2, 0) is 13.0 Å². The molecule has 0 saturated heterocycles. The second-order valence-corrected chi connectivity index (χ2v) is 6.50. The highest BCUT2D eigenvalue weighted by atomic mass is 127. The van der Waals surface area contributed by atoms with E-state index in [2.05, 4.69) is 69.1 Å². The highest BCUT2D eigenvalue weighted by molar-refractivity contribution is 14.0. The molecule has 1 aliphatic rings. The Morgan fingerprint density at radius 2 is 1.79 bits per heavy atom. The summed E-state index contributed by atoms with van der Waals surface area (Å²) in [6, 6.07) is 16.8. The maximum Gasteiger partial charge on any atom is 0.191 e. The Morgan fingerprint density at radius 1 is 1.04 bits per heavy atom. The van der Waals surface area contributed by atoms with Gasteiger partial charge in [0.1, 0.15) is 5.75 Å². The Kier molecular flexibility index (Phi) is 9.13. The Labute approximate surface area is 184 Å². The van der Waals surface area contributed by atoms with E-state index in [9.17, 15) is 0 Å². The molecule has 2 aromatic rings. The van der Waals surface area contributed by atoms with Crippen molar-refractivity contribution < 1.29 is 4.74 Å². The smallest absolute Gasteiger partial charge is 0.191 e. The van der Waals surface area contributed by atoms with Crippen molar-refractivity contribution in [1.82, 2.24) is 10.6 Å². The summed E-state index contributed by atoms with van der Waals surface area (Å²) in [6.07, 6.45) is 5.35. The molecule has 0 spiro atoms. The molecule has 0 fully saturated rings. The Morgan fingerprint density at radius 3 is 2.46 bits per heavy atom. The molecule has 0 aliphatic carbocycles. The number of nitrogens with one attached hydrogen (secondary N) is 2. The van der Waals surface area contributed by atoms with E-state index in [1.807, 2.05) is 12.1 Å². The number of anilines is 1. The summed E-state index contributed by atoms with van der Waals surface area (Å²) < 4.78 is 5.19. The molecule has 1 heterocycles. The van der Waals surface area contributed by atoms with Gasteiger partial charge in [0.25, 0.3) is 0 Å². The van der Waals surface area contributed by atoms with Crippen molar-refractivity contribution >= 4 is 35.6 Å². The van der Waals surface area contributed by atoms with Crippen molar-refractivity contribution in [2.45, 2.75) is 13.0 Å². The third-order valence-corrected chi connectivity index (χ3v) is 4.64. The molecule has 0 bridgehead atoms. The van der Waals surface area contributed by atoms with Crippen LogP contribution in [0.3, 0.4) is 0 Å². The average molecular weight is 492 g/mol. The molecule has 0 radical (unpaired) electrons. The zero-order valence-corrected chi connectivity index (χ0v) is 18.9. The number of nitrogens with zero attached hydrogens (tertiary/aromatic N) is 2. The summed E-state index contributed by atoms with van der Waals surface area (Å²) in [5.74, 6) is 1.70. The second-order valence-electron chi connectivity index (χ2n) is 6.50. The zero-order valence-electron chi connectivity index (χ0n) is 16.5. The first kappa shape index (κ1) is 22.1. The summed E-state index contributed by atoms with van der Waals surface area (Å²) in [7, 11) is 3.49. The van der Waals surface area contributed by atoms with Crippen molar-refractivity contribution in [2.75, 3.05) is 38.7 Å². The number of hydrogen-bond acceptors (Lipinski definition) is 3. The molecule has 6 heteroatoms. The summed E-state index contributed by atoms with van der Waals surface area (Å²) in [5.41, 5.74) is 3.78. The highest BCUT2D eigenvalue weighted by Gasteiger charge is 2.08. The van der Waals surface area contributed by atoms with Crippen LogP contribution in [0.15, 0.2) is 65.7 Å². The lowest BCUT2D eigenvalue weighted by atomic mass is 10.1. The predicted molar refractivity (Wildman–Crippen MR) is 128 cm³/mol. The van der Waals surface area contributed by atoms with Crippen molar-refractivity contribution in [3.63, 3.8) is 0 Å². The van der Waals surface area contributed by atoms with E-state index in [0.29, 0.717) is 0 Å². The van der Waals surface area contributed by atoms with Gasteiger partial charge in [-0.3, -0.25) is 4.99 Å². The van der Waals surface area contributed by atoms with E-state index in [4.69, 9.17) is 4.74 Å². The Bertz CT molecular complexity index is 781. The van der Waals surface area contributed by atoms with Gasteiger partial charge in [-0.2, -0.15) is 0 Å². The lowest BCUT2D eigenvalue weighted by Crippen LogP contribution is -2.37. The monoisotopic (exact) mass is 492 g/mol. The van der Waals surface area contributed by atoms with E-state index in [1.54, 1.807) is 14.2 Å². The van der Waals surface area contributed by atoms with Crippen molar-refractivity contribution in [2.24, 2.45) is 4.99 Å². The number of ether oxygens (including phenoxy) is 1. The fourth-order valence-corrected chi connectivity index (χ4v) is 3.08. The van der Waals surface area contributed by atoms with Crippen molar-refractivity contribution in [3.8, 4) is 5.75 Å². The third kappa shape index (κ3) is 6.44. The molecule has 0 saturated carbocycles. The van der Waals surface area contributed by atoms with Gasteiger partial charge < -0.3 is 20.3 Å². The molecular formula is C22H29IN4O. The van der Waals surface area contributed by atoms with Gasteiger partial charge in [-0.1, -0.05) is 36.4 Å². The number of guanidine groups is 1. The Hall–Kier alpha value is -2.22. The topological polar surface area (TPSA) is 48.9 Å². The van der Waals surface area contributed by atoms with Crippen LogP contribution in [0, 0.1) is 0 Å². The molecule has 150 valence electrons. The predicted octanol–water partition coefficient (Wildman–Crippen LogP) is 3.60. The fourth-order valence-electron chi connectivity index (χ4n) is 3.08. The van der Waals surface area contributed by atoms with Crippen LogP contribution in [0.1, 0.15) is 11.1 Å². The molecule has 0 amide bonds. The minimum absolute atomic E-state index is 0. The first-order chi connectivity index (χ1) is 13.3. The van der Waals surface area contributed by atoms with Gasteiger partial charge in [-0.25, -0.2) is 0 Å². The van der Waals surface area contributed by atoms with Crippen molar-refractivity contribution in [3.05, 3.63) is 71.8 Å². The van der Waals surface area contributed by atoms with Crippen LogP contribution in [-0.4, -0.2) is 39.8 Å². The van der Waals surface area contributed by atoms with Gasteiger partial charge in [0, 0.05) is 38.9 Å². The summed E-state index contributed by atoms with van der Waals surface area (Å²) in [6.45, 7) is 3.56. The van der Waals surface area contributed by atoms with E-state index in [-0.39, 0.29) is 24.0 Å². The maximum absolute atomic E-state index is 5.19. The minimum atomic E-state index is 0. The molecule has 1 aliphatic heterocycles. The van der Waals surface area contributed by atoms with E-state index < -0.39 is 0 Å². The lowest BCUT2D eigenvalue weighted by molar-refractivity contribution is 0.414. The first-order valence-electron chi connectivity index (χ1n) is 9.35. The van der Waals surface area contributed by atoms with Crippen LogP contribution in [0.25, 0.3) is 0 Å². The van der Waals surface area contributed by atoms with Crippen LogP contribution >= 0.6 is 24.0 Å². The van der Waals surface area contributed by atoms with Crippen LogP contribution in [0.4, 0.5) is 5.69 Å². The number of rotatable bonds is 7. The fraction of sp³-hybridized carbons (Fsp3) is 0.318. The lowest BCUT2D eigenvalue weighted by Gasteiger charge is -2.19. The maximum atomic E-state index is 5.19. The van der Waals surface area contributed by atoms with E-state index in [1.165, 1.54) is 16.8 Å². The largest absolute Gasteiger partial charge is 0.497 e. The molecule has 0 aromatic heterocycles. The normalized spacial score (nSPS) is 13.2. The molecule has 5 nitrogen and oxygen atoms in total. The van der Waals surface area contributed by atoms with Crippen molar-refractivity contribution in [1.29, 1.82) is 0 Å². The minimum Gasteiger partial charge on any atom is -0.497 e. The van der Waals surface area contributed by atoms with Gasteiger partial charge in [-0.15, -0.1) is 24.0 Å². The summed E-state index contributed by atoms with van der Waals surface area (Å²) in [5, 5.41) is 6.77. The number of aliphatic imine (C=N–C) groups is 1. The van der Waals surface area contributed by atoms with Crippen LogP contribution in [0.5, 0.6) is 5.75 Å². The third-order valence-electron chi connectivity index (χ3n) is 4.64. The van der Waals surface area contributed by atoms with Crippen LogP contribution < -0.4 is 20.3 Å². The quantitative estimate of drug-likeness (QED) is 0.269.